The van der Waals surface area contributed by atoms with Crippen LogP contribution in [-0.4, -0.2) is 4.98 Å². The van der Waals surface area contributed by atoms with E-state index in [4.69, 9.17) is 10.2 Å². The second-order valence-corrected chi connectivity index (χ2v) is 3.42. The Hall–Kier alpha value is -1.29. The first kappa shape index (κ1) is 8.31. The second kappa shape index (κ2) is 3.22. The largest absolute Gasteiger partial charge is 0.472 e. The first-order valence-corrected chi connectivity index (χ1v) is 4.50. The highest BCUT2D eigenvalue weighted by atomic mass is 79.9. The summed E-state index contributed by atoms with van der Waals surface area (Å²) in [4.78, 5) is 4.01. The van der Waals surface area contributed by atoms with Crippen molar-refractivity contribution in [1.29, 1.82) is 0 Å². The maximum Gasteiger partial charge on any atom is 0.106 e. The lowest BCUT2D eigenvalue weighted by molar-refractivity contribution is 0.568. The van der Waals surface area contributed by atoms with Crippen LogP contribution in [0, 0.1) is 0 Å². The Morgan fingerprint density at radius 2 is 2.31 bits per heavy atom. The minimum absolute atomic E-state index is 0.643. The molecule has 66 valence electrons. The van der Waals surface area contributed by atoms with Crippen LogP contribution in [0.1, 0.15) is 0 Å². The molecule has 0 aliphatic heterocycles. The van der Waals surface area contributed by atoms with Crippen molar-refractivity contribution in [2.45, 2.75) is 0 Å². The molecule has 2 aromatic rings. The molecule has 4 heteroatoms. The van der Waals surface area contributed by atoms with E-state index in [-0.39, 0.29) is 0 Å². The number of pyridine rings is 1. The van der Waals surface area contributed by atoms with Gasteiger partial charge in [0.15, 0.2) is 0 Å². The summed E-state index contributed by atoms with van der Waals surface area (Å²) in [6.07, 6.45) is 4.88. The van der Waals surface area contributed by atoms with Crippen LogP contribution in [-0.2, 0) is 0 Å². The van der Waals surface area contributed by atoms with E-state index in [0.29, 0.717) is 5.69 Å². The Morgan fingerprint density at radius 3 is 3.00 bits per heavy atom. The Balaban J connectivity index is 2.57. The van der Waals surface area contributed by atoms with Gasteiger partial charge in [0.25, 0.3) is 0 Å². The summed E-state index contributed by atoms with van der Waals surface area (Å²) < 4.78 is 5.73. The summed E-state index contributed by atoms with van der Waals surface area (Å²) in [6.45, 7) is 0. The molecule has 2 N–H and O–H groups in total. The summed E-state index contributed by atoms with van der Waals surface area (Å²) in [6, 6.07) is 3.72. The lowest BCUT2D eigenvalue weighted by atomic mass is 10.1. The van der Waals surface area contributed by atoms with Gasteiger partial charge in [0.1, 0.15) is 4.60 Å². The van der Waals surface area contributed by atoms with Crippen molar-refractivity contribution in [2.75, 3.05) is 5.73 Å². The number of halogens is 1. The lowest BCUT2D eigenvalue weighted by Gasteiger charge is -2.01. The number of nitrogens with zero attached hydrogens (tertiary/aromatic N) is 1. The zero-order valence-corrected chi connectivity index (χ0v) is 8.28. The summed E-state index contributed by atoms with van der Waals surface area (Å²) >= 11 is 3.28. The van der Waals surface area contributed by atoms with E-state index in [0.717, 1.165) is 15.7 Å². The van der Waals surface area contributed by atoms with Crippen molar-refractivity contribution in [3.8, 4) is 11.1 Å². The molecular weight excluding hydrogens is 232 g/mol. The molecule has 0 saturated heterocycles. The third kappa shape index (κ3) is 1.58. The molecule has 0 bridgehead atoms. The van der Waals surface area contributed by atoms with Gasteiger partial charge in [-0.25, -0.2) is 4.98 Å². The standard InChI is InChI=1S/C9H7BrN2O/c10-9-3-7(8(11)4-12-9)6-1-2-13-5-6/h1-5H,11H2. The van der Waals surface area contributed by atoms with Gasteiger partial charge in [-0.3, -0.25) is 0 Å². The van der Waals surface area contributed by atoms with E-state index in [1.165, 1.54) is 0 Å². The van der Waals surface area contributed by atoms with Gasteiger partial charge in [0.2, 0.25) is 0 Å². The molecule has 0 radical (unpaired) electrons. The topological polar surface area (TPSA) is 52.0 Å². The van der Waals surface area contributed by atoms with Crippen LogP contribution in [0.2, 0.25) is 0 Å². The summed E-state index contributed by atoms with van der Waals surface area (Å²) in [5.74, 6) is 0. The Bertz CT molecular complexity index is 412. The number of furan rings is 1. The minimum atomic E-state index is 0.643. The van der Waals surface area contributed by atoms with Crippen LogP contribution in [0.5, 0.6) is 0 Å². The predicted octanol–water partition coefficient (Wildman–Crippen LogP) is 2.69. The number of anilines is 1. The van der Waals surface area contributed by atoms with Gasteiger partial charge in [0.05, 0.1) is 24.4 Å². The Morgan fingerprint density at radius 1 is 1.46 bits per heavy atom. The lowest BCUT2D eigenvalue weighted by Crippen LogP contribution is -1.90. The molecule has 0 fully saturated rings. The second-order valence-electron chi connectivity index (χ2n) is 2.61. The fourth-order valence-corrected chi connectivity index (χ4v) is 1.44. The molecule has 0 amide bonds. The molecule has 2 aromatic heterocycles. The monoisotopic (exact) mass is 238 g/mol. The molecule has 13 heavy (non-hydrogen) atoms. The summed E-state index contributed by atoms with van der Waals surface area (Å²) in [7, 11) is 0. The summed E-state index contributed by atoms with van der Waals surface area (Å²) in [5, 5.41) is 0. The molecular formula is C9H7BrN2O. The van der Waals surface area contributed by atoms with Gasteiger partial charge >= 0.3 is 0 Å². The van der Waals surface area contributed by atoms with Crippen molar-refractivity contribution in [2.24, 2.45) is 0 Å². The first-order chi connectivity index (χ1) is 6.27. The molecule has 0 atom stereocenters. The fourth-order valence-electron chi connectivity index (χ4n) is 1.11. The van der Waals surface area contributed by atoms with Crippen molar-refractivity contribution < 1.29 is 4.42 Å². The molecule has 0 aliphatic rings. The number of hydrogen-bond acceptors (Lipinski definition) is 3. The van der Waals surface area contributed by atoms with Crippen molar-refractivity contribution in [3.05, 3.63) is 35.5 Å². The van der Waals surface area contributed by atoms with Gasteiger partial charge in [-0.1, -0.05) is 0 Å². The first-order valence-electron chi connectivity index (χ1n) is 3.71. The van der Waals surface area contributed by atoms with Crippen molar-refractivity contribution in [3.63, 3.8) is 0 Å². The van der Waals surface area contributed by atoms with Crippen LogP contribution >= 0.6 is 15.9 Å². The molecule has 0 saturated carbocycles. The van der Waals surface area contributed by atoms with E-state index < -0.39 is 0 Å². The summed E-state index contributed by atoms with van der Waals surface area (Å²) in [5.41, 5.74) is 8.28. The highest BCUT2D eigenvalue weighted by molar-refractivity contribution is 9.10. The zero-order chi connectivity index (χ0) is 9.26. The molecule has 0 unspecified atom stereocenters. The van der Waals surface area contributed by atoms with E-state index in [9.17, 15) is 0 Å². The van der Waals surface area contributed by atoms with Gasteiger partial charge < -0.3 is 10.2 Å². The van der Waals surface area contributed by atoms with Crippen molar-refractivity contribution in [1.82, 2.24) is 4.98 Å². The average molecular weight is 239 g/mol. The van der Waals surface area contributed by atoms with Gasteiger partial charge in [-0.05, 0) is 28.1 Å². The number of nitrogens with two attached hydrogens (primary N) is 1. The number of rotatable bonds is 1. The molecule has 0 aliphatic carbocycles. The quantitative estimate of drug-likeness (QED) is 0.778. The number of nitrogen functional groups attached to an aromatic ring is 1. The Labute approximate surface area is 83.7 Å². The SMILES string of the molecule is Nc1cnc(Br)cc1-c1ccoc1. The third-order valence-electron chi connectivity index (χ3n) is 1.73. The highest BCUT2D eigenvalue weighted by Gasteiger charge is 2.04. The number of hydrogen-bond donors (Lipinski definition) is 1. The van der Waals surface area contributed by atoms with Crippen LogP contribution in [0.15, 0.2) is 39.9 Å². The van der Waals surface area contributed by atoms with Crippen LogP contribution in [0.3, 0.4) is 0 Å². The number of aromatic nitrogens is 1. The van der Waals surface area contributed by atoms with E-state index in [1.807, 2.05) is 12.1 Å². The third-order valence-corrected chi connectivity index (χ3v) is 2.17. The predicted molar refractivity (Wildman–Crippen MR) is 54.1 cm³/mol. The molecule has 3 nitrogen and oxygen atoms in total. The highest BCUT2D eigenvalue weighted by Crippen LogP contribution is 2.27. The molecule has 0 spiro atoms. The molecule has 2 heterocycles. The van der Waals surface area contributed by atoms with E-state index >= 15 is 0 Å². The van der Waals surface area contributed by atoms with Crippen LogP contribution in [0.4, 0.5) is 5.69 Å². The van der Waals surface area contributed by atoms with E-state index in [1.54, 1.807) is 18.7 Å². The molecule has 0 aromatic carbocycles. The van der Waals surface area contributed by atoms with Gasteiger partial charge in [-0.15, -0.1) is 0 Å². The van der Waals surface area contributed by atoms with Gasteiger partial charge in [-0.2, -0.15) is 0 Å². The Kier molecular flexibility index (Phi) is 2.06. The van der Waals surface area contributed by atoms with Crippen molar-refractivity contribution >= 4 is 21.6 Å². The normalized spacial score (nSPS) is 10.2. The minimum Gasteiger partial charge on any atom is -0.472 e. The zero-order valence-electron chi connectivity index (χ0n) is 6.70. The average Bonchev–Trinajstić information content (AvgIpc) is 2.61. The van der Waals surface area contributed by atoms with Crippen LogP contribution < -0.4 is 5.73 Å². The fraction of sp³-hybridized carbons (Fsp3) is 0. The smallest absolute Gasteiger partial charge is 0.106 e. The maximum absolute atomic E-state index is 5.76. The van der Waals surface area contributed by atoms with Gasteiger partial charge in [0, 0.05) is 11.1 Å². The van der Waals surface area contributed by atoms with E-state index in [2.05, 4.69) is 20.9 Å². The maximum atomic E-state index is 5.76. The van der Waals surface area contributed by atoms with Crippen LogP contribution in [0.25, 0.3) is 11.1 Å². The molecule has 2 rings (SSSR count).